The number of benzene rings is 1. The van der Waals surface area contributed by atoms with E-state index < -0.39 is 6.10 Å². The van der Waals surface area contributed by atoms with Gasteiger partial charge in [-0.15, -0.1) is 0 Å². The Balaban J connectivity index is 2.46. The van der Waals surface area contributed by atoms with Crippen LogP contribution in [0.4, 0.5) is 0 Å². The van der Waals surface area contributed by atoms with Crippen LogP contribution in [0.15, 0.2) is 24.3 Å². The molecule has 0 radical (unpaired) electrons. The highest BCUT2D eigenvalue weighted by molar-refractivity contribution is 5.25. The van der Waals surface area contributed by atoms with Crippen molar-refractivity contribution >= 4 is 0 Å². The van der Waals surface area contributed by atoms with Gasteiger partial charge in [0.2, 0.25) is 0 Å². The quantitative estimate of drug-likeness (QED) is 0.791. The topological polar surface area (TPSA) is 56.0 Å². The van der Waals surface area contributed by atoms with E-state index in [4.69, 9.17) is 5.26 Å². The molecule has 2 unspecified atom stereocenters. The Bertz CT molecular complexity index is 370. The van der Waals surface area contributed by atoms with Gasteiger partial charge in [0, 0.05) is 12.6 Å². The zero-order chi connectivity index (χ0) is 12.0. The summed E-state index contributed by atoms with van der Waals surface area (Å²) in [7, 11) is 0. The summed E-state index contributed by atoms with van der Waals surface area (Å²) in [6.07, 6.45) is -0.434. The fraction of sp³-hybridized carbons (Fsp3) is 0.462. The van der Waals surface area contributed by atoms with E-state index in [-0.39, 0.29) is 12.5 Å². The average Bonchev–Trinajstić information content (AvgIpc) is 2.28. The van der Waals surface area contributed by atoms with Crippen molar-refractivity contribution in [2.24, 2.45) is 0 Å². The van der Waals surface area contributed by atoms with E-state index in [2.05, 4.69) is 24.4 Å². The maximum absolute atomic E-state index is 9.58. The summed E-state index contributed by atoms with van der Waals surface area (Å²) in [6.45, 7) is 4.67. The van der Waals surface area contributed by atoms with Gasteiger partial charge in [-0.2, -0.15) is 5.26 Å². The Morgan fingerprint density at radius 1 is 1.44 bits per heavy atom. The lowest BCUT2D eigenvalue weighted by molar-refractivity contribution is 0.138. The van der Waals surface area contributed by atoms with Crippen LogP contribution in [0.1, 0.15) is 24.5 Å². The molecule has 3 nitrogen and oxygen atoms in total. The first-order valence-corrected chi connectivity index (χ1v) is 5.48. The molecule has 86 valence electrons. The number of nitriles is 1. The maximum Gasteiger partial charge on any atom is 0.0820 e. The molecule has 0 saturated carbocycles. The number of nitrogens with one attached hydrogen (secondary N) is 1. The Morgan fingerprint density at radius 3 is 2.75 bits per heavy atom. The number of rotatable bonds is 5. The molecular weight excluding hydrogens is 200 g/mol. The van der Waals surface area contributed by atoms with Crippen molar-refractivity contribution in [1.82, 2.24) is 5.32 Å². The van der Waals surface area contributed by atoms with Crippen molar-refractivity contribution < 1.29 is 5.11 Å². The van der Waals surface area contributed by atoms with E-state index in [9.17, 15) is 5.11 Å². The van der Waals surface area contributed by atoms with Crippen LogP contribution in [0.25, 0.3) is 0 Å². The third-order valence-electron chi connectivity index (χ3n) is 2.75. The van der Waals surface area contributed by atoms with E-state index in [0.29, 0.717) is 0 Å². The zero-order valence-electron chi connectivity index (χ0n) is 9.77. The molecule has 16 heavy (non-hydrogen) atoms. The second-order valence-electron chi connectivity index (χ2n) is 4.03. The van der Waals surface area contributed by atoms with Crippen LogP contribution in [0.2, 0.25) is 0 Å². The third kappa shape index (κ3) is 3.65. The first kappa shape index (κ1) is 12.7. The Kier molecular flexibility index (Phi) is 4.97. The molecule has 0 aliphatic carbocycles. The van der Waals surface area contributed by atoms with Crippen molar-refractivity contribution in [1.29, 1.82) is 5.26 Å². The predicted octanol–water partition coefficient (Wildman–Crippen LogP) is 1.75. The lowest BCUT2D eigenvalue weighted by atomic mass is 10.1. The number of aliphatic hydroxyl groups excluding tert-OH is 1. The highest BCUT2D eigenvalue weighted by Crippen LogP contribution is 2.07. The molecule has 3 heteroatoms. The monoisotopic (exact) mass is 218 g/mol. The van der Waals surface area contributed by atoms with E-state index >= 15 is 0 Å². The largest absolute Gasteiger partial charge is 0.390 e. The van der Waals surface area contributed by atoms with Gasteiger partial charge in [-0.3, -0.25) is 0 Å². The molecule has 0 aliphatic heterocycles. The number of aryl methyl sites for hydroxylation is 1. The summed E-state index contributed by atoms with van der Waals surface area (Å²) in [5.41, 5.74) is 2.45. The highest BCUT2D eigenvalue weighted by Gasteiger charge is 2.12. The van der Waals surface area contributed by atoms with Crippen molar-refractivity contribution in [2.45, 2.75) is 39.0 Å². The predicted molar refractivity (Wildman–Crippen MR) is 63.7 cm³/mol. The first-order valence-electron chi connectivity index (χ1n) is 5.48. The molecule has 0 bridgehead atoms. The molecule has 0 amide bonds. The van der Waals surface area contributed by atoms with Crippen LogP contribution in [0.3, 0.4) is 0 Å². The molecule has 2 atom stereocenters. The molecule has 0 spiro atoms. The van der Waals surface area contributed by atoms with Gasteiger partial charge in [-0.05, 0) is 25.0 Å². The van der Waals surface area contributed by atoms with Crippen LogP contribution in [-0.2, 0) is 6.54 Å². The lowest BCUT2D eigenvalue weighted by Gasteiger charge is -2.18. The van der Waals surface area contributed by atoms with Gasteiger partial charge >= 0.3 is 0 Å². The van der Waals surface area contributed by atoms with Crippen molar-refractivity contribution in [2.75, 3.05) is 0 Å². The molecule has 1 aromatic carbocycles. The molecule has 2 N–H and O–H groups in total. The van der Waals surface area contributed by atoms with E-state index in [0.717, 1.165) is 6.54 Å². The van der Waals surface area contributed by atoms with E-state index in [1.165, 1.54) is 11.1 Å². The van der Waals surface area contributed by atoms with Gasteiger partial charge in [0.1, 0.15) is 0 Å². The van der Waals surface area contributed by atoms with Crippen molar-refractivity contribution in [3.63, 3.8) is 0 Å². The minimum Gasteiger partial charge on any atom is -0.390 e. The SMILES string of the molecule is Cc1ccccc1CNC(C)C(O)CC#N. The van der Waals surface area contributed by atoms with Gasteiger partial charge in [0.15, 0.2) is 0 Å². The van der Waals surface area contributed by atoms with Crippen LogP contribution >= 0.6 is 0 Å². The summed E-state index contributed by atoms with van der Waals surface area (Å²) in [6, 6.07) is 10.0. The first-order chi connectivity index (χ1) is 7.65. The Hall–Kier alpha value is -1.37. The molecular formula is C13H18N2O. The van der Waals surface area contributed by atoms with Gasteiger partial charge in [0.25, 0.3) is 0 Å². The van der Waals surface area contributed by atoms with Crippen LogP contribution in [-0.4, -0.2) is 17.3 Å². The summed E-state index contributed by atoms with van der Waals surface area (Å²) < 4.78 is 0. The lowest BCUT2D eigenvalue weighted by Crippen LogP contribution is -2.36. The van der Waals surface area contributed by atoms with Crippen LogP contribution in [0.5, 0.6) is 0 Å². The minimum atomic E-state index is -0.603. The van der Waals surface area contributed by atoms with Crippen molar-refractivity contribution in [3.8, 4) is 6.07 Å². The van der Waals surface area contributed by atoms with Crippen LogP contribution in [0, 0.1) is 18.3 Å². The summed E-state index contributed by atoms with van der Waals surface area (Å²) in [5.74, 6) is 0. The molecule has 0 aromatic heterocycles. The molecule has 0 fully saturated rings. The minimum absolute atomic E-state index is 0.0701. The van der Waals surface area contributed by atoms with Gasteiger partial charge in [-0.1, -0.05) is 24.3 Å². The number of hydrogen-bond donors (Lipinski definition) is 2. The standard InChI is InChI=1S/C13H18N2O/c1-10-5-3-4-6-12(10)9-15-11(2)13(16)7-8-14/h3-6,11,13,15-16H,7,9H2,1-2H3. The summed E-state index contributed by atoms with van der Waals surface area (Å²) in [4.78, 5) is 0. The highest BCUT2D eigenvalue weighted by atomic mass is 16.3. The van der Waals surface area contributed by atoms with Gasteiger partial charge in [0.05, 0.1) is 18.6 Å². The van der Waals surface area contributed by atoms with E-state index in [1.54, 1.807) is 0 Å². The number of aliphatic hydroxyl groups is 1. The smallest absolute Gasteiger partial charge is 0.0820 e. The molecule has 1 aromatic rings. The number of hydrogen-bond acceptors (Lipinski definition) is 3. The Labute approximate surface area is 96.7 Å². The Morgan fingerprint density at radius 2 is 2.12 bits per heavy atom. The molecule has 0 saturated heterocycles. The van der Waals surface area contributed by atoms with Crippen molar-refractivity contribution in [3.05, 3.63) is 35.4 Å². The molecule has 0 aliphatic rings. The normalized spacial score (nSPS) is 14.1. The van der Waals surface area contributed by atoms with E-state index in [1.807, 2.05) is 25.1 Å². The maximum atomic E-state index is 9.58. The molecule has 1 rings (SSSR count). The fourth-order valence-corrected chi connectivity index (χ4v) is 1.49. The second kappa shape index (κ2) is 6.26. The van der Waals surface area contributed by atoms with Gasteiger partial charge < -0.3 is 10.4 Å². The summed E-state index contributed by atoms with van der Waals surface area (Å²) in [5, 5.41) is 21.3. The van der Waals surface area contributed by atoms with Crippen LogP contribution < -0.4 is 5.32 Å². The number of nitrogens with zero attached hydrogens (tertiary/aromatic N) is 1. The second-order valence-corrected chi connectivity index (χ2v) is 4.03. The van der Waals surface area contributed by atoms with Gasteiger partial charge in [-0.25, -0.2) is 0 Å². The average molecular weight is 218 g/mol. The third-order valence-corrected chi connectivity index (χ3v) is 2.75. The fourth-order valence-electron chi connectivity index (χ4n) is 1.49. The summed E-state index contributed by atoms with van der Waals surface area (Å²) >= 11 is 0. The molecule has 0 heterocycles. The zero-order valence-corrected chi connectivity index (χ0v) is 9.77.